The molecule has 1 unspecified atom stereocenters. The van der Waals surface area contributed by atoms with Crippen LogP contribution in [0.15, 0.2) is 42.5 Å². The minimum atomic E-state index is -0.684. The molecule has 7 nitrogen and oxygen atoms in total. The quantitative estimate of drug-likeness (QED) is 0.619. The standard InChI is InChI=1S/C24H25ClN2O5/c1-16(24(30)26-10-3-2-4-11-26)27-20-12-17(8-9-22(20)32-15-23(27)29)21(28)14-31-19-7-5-6-18(25)13-19/h5-9,12-13,16H,2-4,10-11,14-15H2,1H3. The molecule has 32 heavy (non-hydrogen) atoms. The van der Waals surface area contributed by atoms with Gasteiger partial charge in [-0.25, -0.2) is 0 Å². The lowest BCUT2D eigenvalue weighted by Crippen LogP contribution is -2.53. The number of amides is 2. The first kappa shape index (κ1) is 22.1. The van der Waals surface area contributed by atoms with E-state index >= 15 is 0 Å². The van der Waals surface area contributed by atoms with Crippen molar-refractivity contribution in [3.8, 4) is 11.5 Å². The Kier molecular flexibility index (Phi) is 6.65. The lowest BCUT2D eigenvalue weighted by molar-refractivity contribution is -0.135. The SMILES string of the molecule is CC(C(=O)N1CCCCC1)N1C(=O)COc2ccc(C(=O)COc3cccc(Cl)c3)cc21. The number of benzene rings is 2. The first-order chi connectivity index (χ1) is 15.4. The lowest BCUT2D eigenvalue weighted by atomic mass is 10.1. The maximum Gasteiger partial charge on any atom is 0.265 e. The van der Waals surface area contributed by atoms with Gasteiger partial charge in [0.05, 0.1) is 5.69 Å². The first-order valence-electron chi connectivity index (χ1n) is 10.7. The van der Waals surface area contributed by atoms with Crippen molar-refractivity contribution in [1.29, 1.82) is 0 Å². The maximum atomic E-state index is 13.1. The van der Waals surface area contributed by atoms with Crippen molar-refractivity contribution in [2.24, 2.45) is 0 Å². The number of Topliss-reactive ketones (excluding diaryl/α,β-unsaturated/α-hetero) is 1. The van der Waals surface area contributed by atoms with Crippen LogP contribution in [-0.2, 0) is 9.59 Å². The van der Waals surface area contributed by atoms with Crippen LogP contribution in [0.5, 0.6) is 11.5 Å². The van der Waals surface area contributed by atoms with E-state index in [1.54, 1.807) is 49.4 Å². The summed E-state index contributed by atoms with van der Waals surface area (Å²) in [5.74, 6) is 0.294. The van der Waals surface area contributed by atoms with E-state index in [2.05, 4.69) is 0 Å². The molecule has 2 amide bonds. The normalized spacial score (nSPS) is 16.8. The Labute approximate surface area is 191 Å². The summed E-state index contributed by atoms with van der Waals surface area (Å²) in [5, 5.41) is 0.516. The largest absolute Gasteiger partial charge is 0.485 e. The number of ketones is 1. The van der Waals surface area contributed by atoms with Gasteiger partial charge in [-0.3, -0.25) is 19.3 Å². The molecule has 2 aliphatic rings. The molecule has 0 saturated carbocycles. The van der Waals surface area contributed by atoms with Crippen LogP contribution in [-0.4, -0.2) is 54.8 Å². The van der Waals surface area contributed by atoms with E-state index in [1.165, 1.54) is 4.90 Å². The van der Waals surface area contributed by atoms with Gasteiger partial charge in [-0.05, 0) is 62.6 Å². The number of anilines is 1. The Bertz CT molecular complexity index is 1030. The van der Waals surface area contributed by atoms with Gasteiger partial charge in [-0.1, -0.05) is 17.7 Å². The fraction of sp³-hybridized carbons (Fsp3) is 0.375. The molecule has 0 aliphatic carbocycles. The highest BCUT2D eigenvalue weighted by Gasteiger charge is 2.35. The Hall–Kier alpha value is -3.06. The van der Waals surface area contributed by atoms with Gasteiger partial charge in [0.15, 0.2) is 19.0 Å². The fourth-order valence-electron chi connectivity index (χ4n) is 4.05. The molecule has 0 bridgehead atoms. The van der Waals surface area contributed by atoms with Crippen molar-refractivity contribution in [1.82, 2.24) is 4.90 Å². The van der Waals surface area contributed by atoms with Crippen molar-refractivity contribution in [2.75, 3.05) is 31.2 Å². The Morgan fingerprint density at radius 3 is 2.66 bits per heavy atom. The van der Waals surface area contributed by atoms with Crippen molar-refractivity contribution >= 4 is 34.9 Å². The zero-order valence-corrected chi connectivity index (χ0v) is 18.6. The molecule has 2 aromatic rings. The smallest absolute Gasteiger partial charge is 0.265 e. The second kappa shape index (κ2) is 9.61. The van der Waals surface area contributed by atoms with E-state index in [9.17, 15) is 14.4 Å². The van der Waals surface area contributed by atoms with E-state index < -0.39 is 6.04 Å². The van der Waals surface area contributed by atoms with Crippen molar-refractivity contribution in [2.45, 2.75) is 32.2 Å². The van der Waals surface area contributed by atoms with Gasteiger partial charge in [-0.2, -0.15) is 0 Å². The lowest BCUT2D eigenvalue weighted by Gasteiger charge is -2.37. The third kappa shape index (κ3) is 4.72. The number of ether oxygens (including phenoxy) is 2. The first-order valence-corrected chi connectivity index (χ1v) is 11.1. The molecule has 168 valence electrons. The Morgan fingerprint density at radius 1 is 1.12 bits per heavy atom. The molecule has 2 heterocycles. The molecule has 4 rings (SSSR count). The van der Waals surface area contributed by atoms with E-state index in [1.807, 2.05) is 4.90 Å². The molecule has 0 radical (unpaired) electrons. The summed E-state index contributed by atoms with van der Waals surface area (Å²) in [5.41, 5.74) is 0.791. The highest BCUT2D eigenvalue weighted by atomic mass is 35.5. The zero-order valence-electron chi connectivity index (χ0n) is 17.9. The van der Waals surface area contributed by atoms with E-state index in [0.29, 0.717) is 40.9 Å². The summed E-state index contributed by atoms with van der Waals surface area (Å²) in [6.45, 7) is 2.80. The van der Waals surface area contributed by atoms with Crippen LogP contribution in [0.25, 0.3) is 0 Å². The molecule has 2 aliphatic heterocycles. The third-order valence-corrected chi connectivity index (χ3v) is 5.97. The molecular formula is C24H25ClN2O5. The zero-order chi connectivity index (χ0) is 22.7. The second-order valence-corrected chi connectivity index (χ2v) is 8.40. The second-order valence-electron chi connectivity index (χ2n) is 7.97. The van der Waals surface area contributed by atoms with Crippen LogP contribution in [0.2, 0.25) is 5.02 Å². The Balaban J connectivity index is 1.53. The molecule has 1 fully saturated rings. The predicted octanol–water partition coefficient (Wildman–Crippen LogP) is 3.73. The monoisotopic (exact) mass is 456 g/mol. The van der Waals surface area contributed by atoms with Crippen LogP contribution >= 0.6 is 11.6 Å². The maximum absolute atomic E-state index is 13.1. The summed E-state index contributed by atoms with van der Waals surface area (Å²) in [6, 6.07) is 11.0. The molecule has 0 spiro atoms. The van der Waals surface area contributed by atoms with Gasteiger partial charge >= 0.3 is 0 Å². The molecule has 0 aromatic heterocycles. The van der Waals surface area contributed by atoms with Gasteiger partial charge in [-0.15, -0.1) is 0 Å². The van der Waals surface area contributed by atoms with E-state index in [4.69, 9.17) is 21.1 Å². The van der Waals surface area contributed by atoms with Gasteiger partial charge in [0.2, 0.25) is 5.91 Å². The number of nitrogens with zero attached hydrogens (tertiary/aromatic N) is 2. The highest BCUT2D eigenvalue weighted by Crippen LogP contribution is 2.35. The molecule has 8 heteroatoms. The van der Waals surface area contributed by atoms with Crippen LogP contribution in [0.1, 0.15) is 36.5 Å². The molecule has 0 N–H and O–H groups in total. The summed E-state index contributed by atoms with van der Waals surface area (Å²) in [4.78, 5) is 41.8. The third-order valence-electron chi connectivity index (χ3n) is 5.74. The van der Waals surface area contributed by atoms with Gasteiger partial charge < -0.3 is 14.4 Å². The van der Waals surface area contributed by atoms with Crippen molar-refractivity contribution < 1.29 is 23.9 Å². The van der Waals surface area contributed by atoms with Crippen molar-refractivity contribution in [3.63, 3.8) is 0 Å². The van der Waals surface area contributed by atoms with Gasteiger partial charge in [0.25, 0.3) is 5.91 Å². The van der Waals surface area contributed by atoms with Gasteiger partial charge in [0, 0.05) is 23.7 Å². The molecule has 1 saturated heterocycles. The van der Waals surface area contributed by atoms with E-state index in [0.717, 1.165) is 19.3 Å². The summed E-state index contributed by atoms with van der Waals surface area (Å²) >= 11 is 5.95. The number of hydrogen-bond donors (Lipinski definition) is 0. The number of likely N-dealkylation sites (tertiary alicyclic amines) is 1. The van der Waals surface area contributed by atoms with E-state index in [-0.39, 0.29) is 30.8 Å². The number of carbonyl (C=O) groups is 3. The number of halogens is 1. The summed E-state index contributed by atoms with van der Waals surface area (Å²) < 4.78 is 11.1. The van der Waals surface area contributed by atoms with Crippen molar-refractivity contribution in [3.05, 3.63) is 53.1 Å². The Morgan fingerprint density at radius 2 is 1.91 bits per heavy atom. The number of fused-ring (bicyclic) bond motifs is 1. The van der Waals surface area contributed by atoms with Crippen LogP contribution in [0.3, 0.4) is 0 Å². The number of carbonyl (C=O) groups excluding carboxylic acids is 3. The predicted molar refractivity (Wildman–Crippen MR) is 121 cm³/mol. The van der Waals surface area contributed by atoms with Crippen LogP contribution < -0.4 is 14.4 Å². The van der Waals surface area contributed by atoms with Crippen LogP contribution in [0.4, 0.5) is 5.69 Å². The summed E-state index contributed by atoms with van der Waals surface area (Å²) in [7, 11) is 0. The number of rotatable bonds is 6. The topological polar surface area (TPSA) is 76.2 Å². The minimum Gasteiger partial charge on any atom is -0.485 e. The fourth-order valence-corrected chi connectivity index (χ4v) is 4.23. The van der Waals surface area contributed by atoms with Crippen LogP contribution in [0, 0.1) is 0 Å². The average molecular weight is 457 g/mol. The molecule has 2 aromatic carbocycles. The average Bonchev–Trinajstić information content (AvgIpc) is 2.82. The van der Waals surface area contributed by atoms with Gasteiger partial charge in [0.1, 0.15) is 17.5 Å². The molecular weight excluding hydrogens is 432 g/mol. The molecule has 1 atom stereocenters. The number of piperidine rings is 1. The highest BCUT2D eigenvalue weighted by molar-refractivity contribution is 6.30. The number of hydrogen-bond acceptors (Lipinski definition) is 5. The summed E-state index contributed by atoms with van der Waals surface area (Å²) in [6.07, 6.45) is 3.05. The minimum absolute atomic E-state index is 0.0908.